The molecule has 1 aliphatic heterocycles. The van der Waals surface area contributed by atoms with Gasteiger partial charge in [-0.3, -0.25) is 4.79 Å². The van der Waals surface area contributed by atoms with Crippen molar-refractivity contribution in [2.45, 2.75) is 18.7 Å². The van der Waals surface area contributed by atoms with Crippen molar-refractivity contribution in [3.63, 3.8) is 0 Å². The van der Waals surface area contributed by atoms with Gasteiger partial charge < -0.3 is 4.90 Å². The number of sulfonamides is 1. The SMILES string of the molecule is CC(C)=CC(=O)N1CCN(S(=O)(=O)c2cc(F)ccc2F)CC1. The lowest BCUT2D eigenvalue weighted by Gasteiger charge is -2.33. The molecule has 126 valence electrons. The van der Waals surface area contributed by atoms with E-state index in [1.54, 1.807) is 13.8 Å². The molecule has 0 spiro atoms. The number of amides is 1. The number of carbonyl (C=O) groups is 1. The van der Waals surface area contributed by atoms with E-state index in [0.29, 0.717) is 6.07 Å². The second-order valence-electron chi connectivity index (χ2n) is 5.53. The van der Waals surface area contributed by atoms with Crippen molar-refractivity contribution < 1.29 is 22.0 Å². The maximum atomic E-state index is 13.7. The van der Waals surface area contributed by atoms with Gasteiger partial charge in [-0.2, -0.15) is 4.31 Å². The molecule has 5 nitrogen and oxygen atoms in total. The van der Waals surface area contributed by atoms with E-state index in [-0.39, 0.29) is 32.1 Å². The number of benzene rings is 1. The lowest BCUT2D eigenvalue weighted by atomic mass is 10.3. The number of carbonyl (C=O) groups excluding carboxylic acids is 1. The second kappa shape index (κ2) is 6.76. The van der Waals surface area contributed by atoms with Gasteiger partial charge in [-0.05, 0) is 32.0 Å². The number of allylic oxidation sites excluding steroid dienone is 1. The van der Waals surface area contributed by atoms with Crippen molar-refractivity contribution in [3.05, 3.63) is 41.5 Å². The molecule has 0 N–H and O–H groups in total. The van der Waals surface area contributed by atoms with Gasteiger partial charge in [-0.15, -0.1) is 0 Å². The van der Waals surface area contributed by atoms with Gasteiger partial charge in [-0.25, -0.2) is 17.2 Å². The van der Waals surface area contributed by atoms with Crippen LogP contribution >= 0.6 is 0 Å². The van der Waals surface area contributed by atoms with Crippen molar-refractivity contribution in [3.8, 4) is 0 Å². The first-order valence-electron chi connectivity index (χ1n) is 7.11. The predicted octanol–water partition coefficient (Wildman–Crippen LogP) is 1.76. The minimum absolute atomic E-state index is 0.0423. The van der Waals surface area contributed by atoms with E-state index in [4.69, 9.17) is 0 Å². The molecular formula is C15H18F2N2O3S. The van der Waals surface area contributed by atoms with Crippen LogP contribution in [0.25, 0.3) is 0 Å². The Bertz CT molecular complexity index is 735. The molecule has 0 bridgehead atoms. The van der Waals surface area contributed by atoms with Crippen molar-refractivity contribution in [2.24, 2.45) is 0 Å². The molecule has 8 heteroatoms. The highest BCUT2D eigenvalue weighted by atomic mass is 32.2. The standard InChI is InChI=1S/C15H18F2N2O3S/c1-11(2)9-15(20)18-5-7-19(8-6-18)23(21,22)14-10-12(16)3-4-13(14)17/h3-4,9-10H,5-8H2,1-2H3. The zero-order chi connectivity index (χ0) is 17.2. The summed E-state index contributed by atoms with van der Waals surface area (Å²) >= 11 is 0. The van der Waals surface area contributed by atoms with E-state index in [1.165, 1.54) is 11.0 Å². The second-order valence-corrected chi connectivity index (χ2v) is 7.43. The van der Waals surface area contributed by atoms with E-state index in [2.05, 4.69) is 0 Å². The summed E-state index contributed by atoms with van der Waals surface area (Å²) in [6.07, 6.45) is 1.48. The van der Waals surface area contributed by atoms with Crippen molar-refractivity contribution in [2.75, 3.05) is 26.2 Å². The molecule has 0 radical (unpaired) electrons. The fourth-order valence-corrected chi connectivity index (χ4v) is 3.80. The molecular weight excluding hydrogens is 326 g/mol. The lowest BCUT2D eigenvalue weighted by Crippen LogP contribution is -2.50. The lowest BCUT2D eigenvalue weighted by molar-refractivity contribution is -0.127. The summed E-state index contributed by atoms with van der Waals surface area (Å²) in [4.78, 5) is 12.8. The zero-order valence-corrected chi connectivity index (χ0v) is 13.7. The Morgan fingerprint density at radius 3 is 2.30 bits per heavy atom. The average molecular weight is 344 g/mol. The molecule has 1 aromatic carbocycles. The van der Waals surface area contributed by atoms with Crippen LogP contribution in [0.3, 0.4) is 0 Å². The van der Waals surface area contributed by atoms with Gasteiger partial charge in [-0.1, -0.05) is 5.57 Å². The minimum atomic E-state index is -4.12. The summed E-state index contributed by atoms with van der Waals surface area (Å²) < 4.78 is 52.9. The van der Waals surface area contributed by atoms with E-state index < -0.39 is 26.6 Å². The first-order valence-corrected chi connectivity index (χ1v) is 8.55. The van der Waals surface area contributed by atoms with Gasteiger partial charge in [0, 0.05) is 32.3 Å². The van der Waals surface area contributed by atoms with E-state index in [1.807, 2.05) is 0 Å². The Morgan fingerprint density at radius 2 is 1.74 bits per heavy atom. The molecule has 0 saturated carbocycles. The van der Waals surface area contributed by atoms with Gasteiger partial charge in [0.25, 0.3) is 0 Å². The Balaban J connectivity index is 2.14. The van der Waals surface area contributed by atoms with Crippen LogP contribution in [-0.4, -0.2) is 49.7 Å². The molecule has 23 heavy (non-hydrogen) atoms. The fraction of sp³-hybridized carbons (Fsp3) is 0.400. The van der Waals surface area contributed by atoms with E-state index >= 15 is 0 Å². The summed E-state index contributed by atoms with van der Waals surface area (Å²) in [6, 6.07) is 2.33. The number of piperazine rings is 1. The first kappa shape index (κ1) is 17.6. The van der Waals surface area contributed by atoms with Crippen LogP contribution in [0.2, 0.25) is 0 Å². The van der Waals surface area contributed by atoms with Gasteiger partial charge in [0.05, 0.1) is 0 Å². The van der Waals surface area contributed by atoms with Crippen molar-refractivity contribution >= 4 is 15.9 Å². The van der Waals surface area contributed by atoms with Gasteiger partial charge in [0.1, 0.15) is 16.5 Å². The fourth-order valence-electron chi connectivity index (χ4n) is 2.30. The Morgan fingerprint density at radius 1 is 1.13 bits per heavy atom. The van der Waals surface area contributed by atoms with Gasteiger partial charge >= 0.3 is 0 Å². The largest absolute Gasteiger partial charge is 0.337 e. The molecule has 2 rings (SSSR count). The highest BCUT2D eigenvalue weighted by Crippen LogP contribution is 2.21. The van der Waals surface area contributed by atoms with Crippen molar-refractivity contribution in [1.82, 2.24) is 9.21 Å². The summed E-state index contributed by atoms with van der Waals surface area (Å²) in [7, 11) is -4.12. The summed E-state index contributed by atoms with van der Waals surface area (Å²) in [5, 5.41) is 0. The normalized spacial score (nSPS) is 16.3. The molecule has 1 saturated heterocycles. The summed E-state index contributed by atoms with van der Waals surface area (Å²) in [5.41, 5.74) is 0.854. The Kier molecular flexibility index (Phi) is 5.16. The van der Waals surface area contributed by atoms with Gasteiger partial charge in [0.15, 0.2) is 0 Å². The summed E-state index contributed by atoms with van der Waals surface area (Å²) in [5.74, 6) is -1.99. The molecule has 1 fully saturated rings. The third kappa shape index (κ3) is 3.94. The Labute approximate surface area is 134 Å². The maximum absolute atomic E-state index is 13.7. The molecule has 1 heterocycles. The van der Waals surface area contributed by atoms with Crippen LogP contribution in [0.5, 0.6) is 0 Å². The smallest absolute Gasteiger partial charge is 0.246 e. The number of hydrogen-bond acceptors (Lipinski definition) is 3. The van der Waals surface area contributed by atoms with Crippen LogP contribution in [0, 0.1) is 11.6 Å². The Hall–Kier alpha value is -1.80. The van der Waals surface area contributed by atoms with Crippen LogP contribution in [0.4, 0.5) is 8.78 Å². The zero-order valence-electron chi connectivity index (χ0n) is 12.9. The molecule has 0 aliphatic carbocycles. The average Bonchev–Trinajstić information content (AvgIpc) is 2.49. The quantitative estimate of drug-likeness (QED) is 0.785. The van der Waals surface area contributed by atoms with E-state index in [9.17, 15) is 22.0 Å². The third-order valence-corrected chi connectivity index (χ3v) is 5.39. The van der Waals surface area contributed by atoms with E-state index in [0.717, 1.165) is 22.0 Å². The topological polar surface area (TPSA) is 57.7 Å². The number of halogens is 2. The third-order valence-electron chi connectivity index (χ3n) is 3.47. The van der Waals surface area contributed by atoms with Crippen LogP contribution in [0.15, 0.2) is 34.7 Å². The number of nitrogens with zero attached hydrogens (tertiary/aromatic N) is 2. The molecule has 1 aliphatic rings. The molecule has 0 aromatic heterocycles. The predicted molar refractivity (Wildman–Crippen MR) is 81.1 cm³/mol. The molecule has 0 atom stereocenters. The van der Waals surface area contributed by atoms with Gasteiger partial charge in [0.2, 0.25) is 15.9 Å². The maximum Gasteiger partial charge on any atom is 0.246 e. The summed E-state index contributed by atoms with van der Waals surface area (Å²) in [6.45, 7) is 4.09. The van der Waals surface area contributed by atoms with Crippen LogP contribution in [-0.2, 0) is 14.8 Å². The highest BCUT2D eigenvalue weighted by Gasteiger charge is 2.31. The monoisotopic (exact) mass is 344 g/mol. The number of rotatable bonds is 3. The molecule has 1 aromatic rings. The first-order chi connectivity index (χ1) is 10.7. The van der Waals surface area contributed by atoms with Crippen LogP contribution in [0.1, 0.15) is 13.8 Å². The van der Waals surface area contributed by atoms with Crippen molar-refractivity contribution in [1.29, 1.82) is 0 Å². The minimum Gasteiger partial charge on any atom is -0.337 e. The molecule has 1 amide bonds. The van der Waals surface area contributed by atoms with Crippen LogP contribution < -0.4 is 0 Å². The molecule has 0 unspecified atom stereocenters. The number of hydrogen-bond donors (Lipinski definition) is 0. The highest BCUT2D eigenvalue weighted by molar-refractivity contribution is 7.89.